The molecule has 1 aliphatic carbocycles. The molecule has 206 valence electrons. The number of carbonyl (C=O) groups excluding carboxylic acids is 2. The highest BCUT2D eigenvalue weighted by atomic mass is 16.5. The molecule has 1 heterocycles. The van der Waals surface area contributed by atoms with Crippen molar-refractivity contribution in [2.24, 2.45) is 27.3 Å². The summed E-state index contributed by atoms with van der Waals surface area (Å²) in [5.41, 5.74) is 5.14. The number of nitrogens with two attached hydrogens (primary N) is 1. The van der Waals surface area contributed by atoms with E-state index in [1.807, 2.05) is 55.5 Å². The summed E-state index contributed by atoms with van der Waals surface area (Å²) < 4.78 is 5.34. The van der Waals surface area contributed by atoms with Gasteiger partial charge in [0, 0.05) is 30.8 Å². The first-order valence-electron chi connectivity index (χ1n) is 13.5. The molecule has 39 heavy (non-hydrogen) atoms. The fraction of sp³-hybridized carbons (Fsp3) is 0.448. The Hall–Kier alpha value is -4.08. The van der Waals surface area contributed by atoms with Gasteiger partial charge in [-0.05, 0) is 66.0 Å². The van der Waals surface area contributed by atoms with Crippen molar-refractivity contribution in [2.75, 3.05) is 31.6 Å². The molecule has 0 aromatic heterocycles. The van der Waals surface area contributed by atoms with Crippen LogP contribution in [0.15, 0.2) is 63.6 Å². The number of nitrogens with one attached hydrogen (secondary N) is 1. The molecule has 3 N–H and O–H groups in total. The van der Waals surface area contributed by atoms with Crippen LogP contribution in [0.1, 0.15) is 50.2 Å². The lowest BCUT2D eigenvalue weighted by atomic mass is 9.99. The Morgan fingerprint density at radius 3 is 2.56 bits per heavy atom. The van der Waals surface area contributed by atoms with Crippen molar-refractivity contribution in [1.82, 2.24) is 4.90 Å². The molecule has 2 aliphatic rings. The normalized spacial score (nSPS) is 16.5. The number of ether oxygens (including phenoxy) is 1. The van der Waals surface area contributed by atoms with Crippen LogP contribution in [0.4, 0.5) is 5.69 Å². The van der Waals surface area contributed by atoms with E-state index < -0.39 is 6.17 Å². The fourth-order valence-electron chi connectivity index (χ4n) is 4.61. The number of hydrogen-bond acceptors (Lipinski definition) is 8. The highest BCUT2D eigenvalue weighted by Gasteiger charge is 2.25. The van der Waals surface area contributed by atoms with E-state index in [0.717, 1.165) is 47.2 Å². The summed E-state index contributed by atoms with van der Waals surface area (Å²) in [5.74, 6) is 5.64. The van der Waals surface area contributed by atoms with E-state index in [1.54, 1.807) is 4.90 Å². The molecule has 2 aromatic rings. The SMILES string of the molecule is CCCN(CCCN=O)C(=O)C1=Cc2ccc(-c3ccc(CC(=O)OCC4CC4)cc3)cc2NC(N=NN)C1. The van der Waals surface area contributed by atoms with Crippen molar-refractivity contribution >= 4 is 23.6 Å². The molecule has 0 radical (unpaired) electrons. The van der Waals surface area contributed by atoms with Gasteiger partial charge in [-0.2, -0.15) is 4.91 Å². The van der Waals surface area contributed by atoms with Gasteiger partial charge in [-0.1, -0.05) is 53.7 Å². The van der Waals surface area contributed by atoms with E-state index in [9.17, 15) is 14.5 Å². The van der Waals surface area contributed by atoms with E-state index in [2.05, 4.69) is 20.8 Å². The number of nitroso groups, excluding NO2 is 1. The summed E-state index contributed by atoms with van der Waals surface area (Å²) in [7, 11) is 0. The van der Waals surface area contributed by atoms with Gasteiger partial charge in [0.25, 0.3) is 0 Å². The zero-order valence-electron chi connectivity index (χ0n) is 22.3. The number of esters is 1. The molecule has 1 amide bonds. The van der Waals surface area contributed by atoms with E-state index in [0.29, 0.717) is 44.0 Å². The number of hydrogen-bond donors (Lipinski definition) is 2. The maximum Gasteiger partial charge on any atom is 0.310 e. The molecule has 1 atom stereocenters. The highest BCUT2D eigenvalue weighted by Crippen LogP contribution is 2.32. The van der Waals surface area contributed by atoms with Gasteiger partial charge in [0.2, 0.25) is 5.91 Å². The van der Waals surface area contributed by atoms with E-state index >= 15 is 0 Å². The number of anilines is 1. The van der Waals surface area contributed by atoms with Gasteiger partial charge in [-0.15, -0.1) is 5.11 Å². The molecular formula is C29H36N6O4. The van der Waals surface area contributed by atoms with Crippen molar-refractivity contribution < 1.29 is 14.3 Å². The fourth-order valence-corrected chi connectivity index (χ4v) is 4.61. The zero-order valence-corrected chi connectivity index (χ0v) is 22.3. The lowest BCUT2D eigenvalue weighted by molar-refractivity contribution is -0.143. The summed E-state index contributed by atoms with van der Waals surface area (Å²) in [6.07, 6.45) is 5.58. The number of fused-ring (bicyclic) bond motifs is 1. The van der Waals surface area contributed by atoms with Crippen LogP contribution in [0, 0.1) is 10.8 Å². The maximum absolute atomic E-state index is 13.5. The minimum atomic E-state index is -0.508. The maximum atomic E-state index is 13.5. The van der Waals surface area contributed by atoms with Gasteiger partial charge in [0.05, 0.1) is 19.6 Å². The van der Waals surface area contributed by atoms with Crippen molar-refractivity contribution in [2.45, 2.75) is 51.6 Å². The Morgan fingerprint density at radius 2 is 1.87 bits per heavy atom. The third kappa shape index (κ3) is 7.95. The van der Waals surface area contributed by atoms with Gasteiger partial charge in [0.15, 0.2) is 0 Å². The summed E-state index contributed by atoms with van der Waals surface area (Å²) in [6, 6.07) is 13.8. The minimum absolute atomic E-state index is 0.0926. The number of amides is 1. The van der Waals surface area contributed by atoms with Gasteiger partial charge < -0.3 is 20.8 Å². The smallest absolute Gasteiger partial charge is 0.310 e. The lowest BCUT2D eigenvalue weighted by Crippen LogP contribution is -2.35. The summed E-state index contributed by atoms with van der Waals surface area (Å²) in [5, 5.41) is 13.9. The van der Waals surface area contributed by atoms with E-state index in [-0.39, 0.29) is 24.8 Å². The van der Waals surface area contributed by atoms with Crippen LogP contribution >= 0.6 is 0 Å². The first kappa shape index (κ1) is 27.9. The predicted molar refractivity (Wildman–Crippen MR) is 150 cm³/mol. The molecule has 2 aromatic carbocycles. The van der Waals surface area contributed by atoms with E-state index in [1.165, 1.54) is 0 Å². The number of rotatable bonds is 13. The lowest BCUT2D eigenvalue weighted by Gasteiger charge is -2.23. The third-order valence-electron chi connectivity index (χ3n) is 6.87. The first-order valence-corrected chi connectivity index (χ1v) is 13.5. The minimum Gasteiger partial charge on any atom is -0.465 e. The highest BCUT2D eigenvalue weighted by molar-refractivity contribution is 5.99. The molecule has 1 aliphatic heterocycles. The second-order valence-corrected chi connectivity index (χ2v) is 10.1. The molecule has 4 rings (SSSR count). The molecule has 1 unspecified atom stereocenters. The second kappa shape index (κ2) is 13.6. The largest absolute Gasteiger partial charge is 0.465 e. The number of nitrogens with zero attached hydrogens (tertiary/aromatic N) is 4. The van der Waals surface area contributed by atoms with Crippen molar-refractivity contribution in [1.29, 1.82) is 0 Å². The third-order valence-corrected chi connectivity index (χ3v) is 6.87. The Labute approximate surface area is 228 Å². The van der Waals surface area contributed by atoms with Crippen LogP contribution in [0.5, 0.6) is 0 Å². The van der Waals surface area contributed by atoms with Gasteiger partial charge in [0.1, 0.15) is 6.17 Å². The van der Waals surface area contributed by atoms with Crippen LogP contribution in [0.2, 0.25) is 0 Å². The predicted octanol–water partition coefficient (Wildman–Crippen LogP) is 5.10. The standard InChI is InChI=1S/C29H36N6O4/c1-2-13-35(14-3-12-31-38)29(37)25-16-24-11-10-23(17-26(24)32-27(18-25)33-34-30)22-8-6-20(7-9-22)15-28(36)39-19-21-4-5-21/h6-11,16-17,21,27,32H,2-5,12-15,18-19H2,1H3,(H2,30,33). The van der Waals surface area contributed by atoms with Crippen LogP contribution in [0.3, 0.4) is 0 Å². The molecule has 1 saturated carbocycles. The average Bonchev–Trinajstić information content (AvgIpc) is 3.78. The summed E-state index contributed by atoms with van der Waals surface area (Å²) >= 11 is 0. The summed E-state index contributed by atoms with van der Waals surface area (Å²) in [6.45, 7) is 3.77. The number of carbonyl (C=O) groups is 2. The van der Waals surface area contributed by atoms with Crippen molar-refractivity contribution in [3.8, 4) is 11.1 Å². The second-order valence-electron chi connectivity index (χ2n) is 10.1. The Balaban J connectivity index is 1.52. The van der Waals surface area contributed by atoms with Crippen molar-refractivity contribution in [3.05, 3.63) is 64.1 Å². The molecule has 1 fully saturated rings. The van der Waals surface area contributed by atoms with Crippen LogP contribution in [-0.4, -0.2) is 49.2 Å². The average molecular weight is 533 g/mol. The zero-order chi connectivity index (χ0) is 27.6. The molecular weight excluding hydrogens is 496 g/mol. The quantitative estimate of drug-likeness (QED) is 0.0919. The van der Waals surface area contributed by atoms with Crippen LogP contribution < -0.4 is 11.2 Å². The van der Waals surface area contributed by atoms with Crippen molar-refractivity contribution in [3.63, 3.8) is 0 Å². The summed E-state index contributed by atoms with van der Waals surface area (Å²) in [4.78, 5) is 37.8. The Bertz CT molecular complexity index is 1220. The Morgan fingerprint density at radius 1 is 1.10 bits per heavy atom. The van der Waals surface area contributed by atoms with Crippen LogP contribution in [-0.2, 0) is 20.7 Å². The van der Waals surface area contributed by atoms with Crippen LogP contribution in [0.25, 0.3) is 17.2 Å². The molecule has 0 spiro atoms. The number of benzene rings is 2. The molecule has 0 saturated heterocycles. The van der Waals surface area contributed by atoms with Gasteiger partial charge in [-0.3, -0.25) is 9.59 Å². The van der Waals surface area contributed by atoms with Gasteiger partial charge in [-0.25, -0.2) is 0 Å². The monoisotopic (exact) mass is 532 g/mol. The molecule has 10 heteroatoms. The topological polar surface area (TPSA) is 139 Å². The molecule has 10 nitrogen and oxygen atoms in total. The first-order chi connectivity index (χ1) is 19.0. The van der Waals surface area contributed by atoms with E-state index in [4.69, 9.17) is 10.6 Å². The Kier molecular flexibility index (Phi) is 9.77. The molecule has 0 bridgehead atoms. The van der Waals surface area contributed by atoms with Gasteiger partial charge >= 0.3 is 5.97 Å².